The molecule has 0 aliphatic heterocycles. The Morgan fingerprint density at radius 1 is 1.25 bits per heavy atom. The van der Waals surface area contributed by atoms with Crippen molar-refractivity contribution in [1.82, 2.24) is 10.2 Å². The largest absolute Gasteiger partial charge is 0.282 e. The SMILES string of the molecule is Clc1cccc(-c2cc(C3CCC3)[nH]n2)c1. The standard InChI is InChI=1S/C13H13ClN2/c14-11-6-2-5-10(7-11)13-8-12(15-16-13)9-3-1-4-9/h2,5-9H,1,3-4H2,(H,15,16). The lowest BCUT2D eigenvalue weighted by Crippen LogP contribution is -2.08. The van der Waals surface area contributed by atoms with Crippen LogP contribution in [0.25, 0.3) is 11.3 Å². The summed E-state index contributed by atoms with van der Waals surface area (Å²) in [6.07, 6.45) is 3.92. The van der Waals surface area contributed by atoms with E-state index in [1.54, 1.807) is 0 Å². The van der Waals surface area contributed by atoms with Gasteiger partial charge in [-0.15, -0.1) is 0 Å². The van der Waals surface area contributed by atoms with Crippen molar-refractivity contribution in [2.75, 3.05) is 0 Å². The molecule has 2 nitrogen and oxygen atoms in total. The molecule has 1 aliphatic carbocycles. The molecular formula is C13H13ClN2. The van der Waals surface area contributed by atoms with E-state index in [0.29, 0.717) is 5.92 Å². The number of hydrogen-bond acceptors (Lipinski definition) is 1. The average molecular weight is 233 g/mol. The molecule has 82 valence electrons. The van der Waals surface area contributed by atoms with Crippen molar-refractivity contribution in [3.8, 4) is 11.3 Å². The van der Waals surface area contributed by atoms with Crippen molar-refractivity contribution in [2.24, 2.45) is 0 Å². The number of aromatic amines is 1. The zero-order valence-corrected chi connectivity index (χ0v) is 9.67. The second kappa shape index (κ2) is 3.95. The molecule has 3 rings (SSSR count). The number of benzene rings is 1. The van der Waals surface area contributed by atoms with E-state index in [-0.39, 0.29) is 0 Å². The molecule has 0 saturated heterocycles. The molecule has 16 heavy (non-hydrogen) atoms. The molecule has 0 amide bonds. The first-order chi connectivity index (χ1) is 7.83. The lowest BCUT2D eigenvalue weighted by molar-refractivity contribution is 0.410. The number of rotatable bonds is 2. The minimum Gasteiger partial charge on any atom is -0.282 e. The third-order valence-electron chi connectivity index (χ3n) is 3.26. The Morgan fingerprint density at radius 3 is 2.81 bits per heavy atom. The van der Waals surface area contributed by atoms with Crippen molar-refractivity contribution in [3.05, 3.63) is 41.0 Å². The minimum atomic E-state index is 0.695. The highest BCUT2D eigenvalue weighted by Crippen LogP contribution is 2.36. The summed E-state index contributed by atoms with van der Waals surface area (Å²) in [5.41, 5.74) is 3.33. The van der Waals surface area contributed by atoms with Crippen LogP contribution in [0.4, 0.5) is 0 Å². The summed E-state index contributed by atoms with van der Waals surface area (Å²) >= 11 is 5.96. The molecule has 1 aromatic carbocycles. The lowest BCUT2D eigenvalue weighted by atomic mass is 9.83. The topological polar surface area (TPSA) is 28.7 Å². The normalized spacial score (nSPS) is 16.1. The maximum absolute atomic E-state index is 5.96. The van der Waals surface area contributed by atoms with Crippen LogP contribution < -0.4 is 0 Å². The van der Waals surface area contributed by atoms with E-state index in [0.717, 1.165) is 16.3 Å². The van der Waals surface area contributed by atoms with Crippen LogP contribution >= 0.6 is 11.6 Å². The van der Waals surface area contributed by atoms with Gasteiger partial charge in [-0.25, -0.2) is 0 Å². The highest BCUT2D eigenvalue weighted by molar-refractivity contribution is 6.30. The fraction of sp³-hybridized carbons (Fsp3) is 0.308. The highest BCUT2D eigenvalue weighted by Gasteiger charge is 2.21. The Balaban J connectivity index is 1.91. The summed E-state index contributed by atoms with van der Waals surface area (Å²) in [5, 5.41) is 8.23. The molecule has 0 bridgehead atoms. The summed E-state index contributed by atoms with van der Waals surface area (Å²) in [7, 11) is 0. The van der Waals surface area contributed by atoms with Gasteiger partial charge < -0.3 is 0 Å². The molecular weight excluding hydrogens is 220 g/mol. The fourth-order valence-corrected chi connectivity index (χ4v) is 2.25. The molecule has 0 radical (unpaired) electrons. The average Bonchev–Trinajstić information content (AvgIpc) is 2.64. The van der Waals surface area contributed by atoms with Crippen molar-refractivity contribution < 1.29 is 0 Å². The van der Waals surface area contributed by atoms with Crippen LogP contribution in [0.3, 0.4) is 0 Å². The van der Waals surface area contributed by atoms with E-state index < -0.39 is 0 Å². The Kier molecular flexibility index (Phi) is 2.44. The van der Waals surface area contributed by atoms with Crippen LogP contribution in [-0.4, -0.2) is 10.2 Å². The van der Waals surface area contributed by atoms with E-state index >= 15 is 0 Å². The molecule has 2 aromatic rings. The monoisotopic (exact) mass is 232 g/mol. The first kappa shape index (κ1) is 9.91. The predicted octanol–water partition coefficient (Wildman–Crippen LogP) is 4.00. The summed E-state index contributed by atoms with van der Waals surface area (Å²) in [6, 6.07) is 9.96. The van der Waals surface area contributed by atoms with Gasteiger partial charge in [0.15, 0.2) is 0 Å². The summed E-state index contributed by atoms with van der Waals surface area (Å²) in [4.78, 5) is 0. The maximum atomic E-state index is 5.96. The number of aromatic nitrogens is 2. The summed E-state index contributed by atoms with van der Waals surface area (Å²) in [5.74, 6) is 0.695. The fourth-order valence-electron chi connectivity index (χ4n) is 2.06. The molecule has 1 fully saturated rings. The zero-order chi connectivity index (χ0) is 11.0. The van der Waals surface area contributed by atoms with Crippen LogP contribution in [-0.2, 0) is 0 Å². The molecule has 0 unspecified atom stereocenters. The smallest absolute Gasteiger partial charge is 0.0924 e. The van der Waals surface area contributed by atoms with E-state index in [2.05, 4.69) is 16.3 Å². The Bertz CT molecular complexity index is 500. The molecule has 1 saturated carbocycles. The second-order valence-electron chi connectivity index (χ2n) is 4.35. The van der Waals surface area contributed by atoms with E-state index in [9.17, 15) is 0 Å². The molecule has 1 aromatic heterocycles. The lowest BCUT2D eigenvalue weighted by Gasteiger charge is -2.23. The molecule has 0 spiro atoms. The summed E-state index contributed by atoms with van der Waals surface area (Å²) < 4.78 is 0. The molecule has 1 N–H and O–H groups in total. The first-order valence-electron chi connectivity index (χ1n) is 5.64. The maximum Gasteiger partial charge on any atom is 0.0924 e. The number of nitrogens with zero attached hydrogens (tertiary/aromatic N) is 1. The number of H-pyrrole nitrogens is 1. The van der Waals surface area contributed by atoms with Gasteiger partial charge in [0, 0.05) is 22.2 Å². The minimum absolute atomic E-state index is 0.695. The van der Waals surface area contributed by atoms with Gasteiger partial charge in [0.1, 0.15) is 0 Å². The number of halogens is 1. The molecule has 1 aliphatic rings. The zero-order valence-electron chi connectivity index (χ0n) is 8.91. The first-order valence-corrected chi connectivity index (χ1v) is 6.02. The third-order valence-corrected chi connectivity index (χ3v) is 3.50. The van der Waals surface area contributed by atoms with Crippen LogP contribution in [0.2, 0.25) is 5.02 Å². The Labute approximate surface area is 99.6 Å². The van der Waals surface area contributed by atoms with Gasteiger partial charge in [0.25, 0.3) is 0 Å². The Hall–Kier alpha value is -1.28. The summed E-state index contributed by atoms with van der Waals surface area (Å²) in [6.45, 7) is 0. The van der Waals surface area contributed by atoms with Gasteiger partial charge in [-0.3, -0.25) is 5.10 Å². The van der Waals surface area contributed by atoms with Crippen molar-refractivity contribution in [1.29, 1.82) is 0 Å². The number of hydrogen-bond donors (Lipinski definition) is 1. The van der Waals surface area contributed by atoms with Gasteiger partial charge in [0.05, 0.1) is 5.69 Å². The van der Waals surface area contributed by atoms with Crippen LogP contribution in [0.1, 0.15) is 30.9 Å². The van der Waals surface area contributed by atoms with Gasteiger partial charge in [-0.1, -0.05) is 30.2 Å². The quantitative estimate of drug-likeness (QED) is 0.833. The van der Waals surface area contributed by atoms with E-state index in [4.69, 9.17) is 11.6 Å². The van der Waals surface area contributed by atoms with E-state index in [1.807, 2.05) is 24.3 Å². The Morgan fingerprint density at radius 2 is 2.12 bits per heavy atom. The van der Waals surface area contributed by atoms with Crippen molar-refractivity contribution >= 4 is 11.6 Å². The van der Waals surface area contributed by atoms with Crippen molar-refractivity contribution in [3.63, 3.8) is 0 Å². The number of nitrogens with one attached hydrogen (secondary N) is 1. The molecule has 3 heteroatoms. The van der Waals surface area contributed by atoms with Gasteiger partial charge >= 0.3 is 0 Å². The van der Waals surface area contributed by atoms with Gasteiger partial charge in [0.2, 0.25) is 0 Å². The van der Waals surface area contributed by atoms with Crippen LogP contribution in [0.5, 0.6) is 0 Å². The second-order valence-corrected chi connectivity index (χ2v) is 4.78. The van der Waals surface area contributed by atoms with Crippen LogP contribution in [0.15, 0.2) is 30.3 Å². The predicted molar refractivity (Wildman–Crippen MR) is 65.6 cm³/mol. The van der Waals surface area contributed by atoms with E-state index in [1.165, 1.54) is 25.0 Å². The molecule has 1 heterocycles. The van der Waals surface area contributed by atoms with Crippen molar-refractivity contribution in [2.45, 2.75) is 25.2 Å². The third kappa shape index (κ3) is 1.74. The van der Waals surface area contributed by atoms with Crippen LogP contribution in [0, 0.1) is 0 Å². The van der Waals surface area contributed by atoms with Gasteiger partial charge in [-0.05, 0) is 31.0 Å². The highest BCUT2D eigenvalue weighted by atomic mass is 35.5. The molecule has 0 atom stereocenters. The van der Waals surface area contributed by atoms with Gasteiger partial charge in [-0.2, -0.15) is 5.10 Å².